The first-order valence-corrected chi connectivity index (χ1v) is 6.41. The van der Waals surface area contributed by atoms with Crippen molar-refractivity contribution in [1.82, 2.24) is 4.90 Å². The maximum atomic E-state index is 12.2. The molecule has 0 N–H and O–H groups in total. The van der Waals surface area contributed by atoms with Crippen LogP contribution in [0.15, 0.2) is 0 Å². The van der Waals surface area contributed by atoms with Crippen LogP contribution < -0.4 is 0 Å². The van der Waals surface area contributed by atoms with Gasteiger partial charge in [0.05, 0.1) is 0 Å². The molecule has 1 heterocycles. The van der Waals surface area contributed by atoms with Crippen molar-refractivity contribution < 1.29 is 9.53 Å². The molecule has 16 heavy (non-hydrogen) atoms. The number of amides is 1. The van der Waals surface area contributed by atoms with Crippen molar-refractivity contribution in [1.29, 1.82) is 0 Å². The van der Waals surface area contributed by atoms with Crippen LogP contribution in [0.5, 0.6) is 0 Å². The normalized spacial score (nSPS) is 20.8. The van der Waals surface area contributed by atoms with Crippen molar-refractivity contribution in [3.05, 3.63) is 0 Å². The SMILES string of the molecule is CC(C)CN(CC(C)C)C(=O)C1CCCO1. The quantitative estimate of drug-likeness (QED) is 0.721. The molecule has 1 fully saturated rings. The Kier molecular flexibility index (Phi) is 5.26. The van der Waals surface area contributed by atoms with Gasteiger partial charge in [-0.05, 0) is 24.7 Å². The Hall–Kier alpha value is -0.570. The Morgan fingerprint density at radius 3 is 2.19 bits per heavy atom. The molecular formula is C13H25NO2. The Morgan fingerprint density at radius 1 is 1.25 bits per heavy atom. The average molecular weight is 227 g/mol. The summed E-state index contributed by atoms with van der Waals surface area (Å²) in [5.41, 5.74) is 0. The highest BCUT2D eigenvalue weighted by atomic mass is 16.5. The van der Waals surface area contributed by atoms with Gasteiger partial charge in [-0.3, -0.25) is 4.79 Å². The molecule has 3 heteroatoms. The predicted molar refractivity (Wildman–Crippen MR) is 65.2 cm³/mol. The van der Waals surface area contributed by atoms with Crippen molar-refractivity contribution in [2.75, 3.05) is 19.7 Å². The lowest BCUT2D eigenvalue weighted by Crippen LogP contribution is -2.42. The van der Waals surface area contributed by atoms with Gasteiger partial charge in [-0.2, -0.15) is 0 Å². The maximum Gasteiger partial charge on any atom is 0.251 e. The molecule has 0 radical (unpaired) electrons. The topological polar surface area (TPSA) is 29.5 Å². The highest BCUT2D eigenvalue weighted by Crippen LogP contribution is 2.16. The van der Waals surface area contributed by atoms with E-state index in [1.165, 1.54) is 0 Å². The number of carbonyl (C=O) groups is 1. The van der Waals surface area contributed by atoms with E-state index in [9.17, 15) is 4.79 Å². The number of hydrogen-bond acceptors (Lipinski definition) is 2. The summed E-state index contributed by atoms with van der Waals surface area (Å²) in [4.78, 5) is 14.2. The van der Waals surface area contributed by atoms with E-state index in [2.05, 4.69) is 27.7 Å². The Labute approximate surface area is 99.1 Å². The molecule has 1 unspecified atom stereocenters. The standard InChI is InChI=1S/C13H25NO2/c1-10(2)8-14(9-11(3)4)13(15)12-6-5-7-16-12/h10-12H,5-9H2,1-4H3. The molecular weight excluding hydrogens is 202 g/mol. The molecule has 1 amide bonds. The Balaban J connectivity index is 2.55. The number of nitrogens with zero attached hydrogens (tertiary/aromatic N) is 1. The molecule has 3 nitrogen and oxygen atoms in total. The van der Waals surface area contributed by atoms with E-state index in [4.69, 9.17) is 4.74 Å². The first-order valence-electron chi connectivity index (χ1n) is 6.41. The van der Waals surface area contributed by atoms with E-state index in [0.717, 1.165) is 32.5 Å². The van der Waals surface area contributed by atoms with Crippen LogP contribution in [-0.4, -0.2) is 36.6 Å². The zero-order valence-electron chi connectivity index (χ0n) is 11.0. The van der Waals surface area contributed by atoms with E-state index >= 15 is 0 Å². The van der Waals surface area contributed by atoms with Crippen LogP contribution in [0.4, 0.5) is 0 Å². The fourth-order valence-corrected chi connectivity index (χ4v) is 2.11. The minimum atomic E-state index is -0.169. The van der Waals surface area contributed by atoms with Gasteiger partial charge in [-0.15, -0.1) is 0 Å². The number of hydrogen-bond donors (Lipinski definition) is 0. The van der Waals surface area contributed by atoms with Crippen LogP contribution in [0.25, 0.3) is 0 Å². The zero-order valence-corrected chi connectivity index (χ0v) is 11.0. The van der Waals surface area contributed by atoms with Gasteiger partial charge in [-0.25, -0.2) is 0 Å². The second-order valence-corrected chi connectivity index (χ2v) is 5.53. The van der Waals surface area contributed by atoms with Crippen molar-refractivity contribution in [3.63, 3.8) is 0 Å². The van der Waals surface area contributed by atoms with Gasteiger partial charge in [0.1, 0.15) is 6.10 Å². The second kappa shape index (κ2) is 6.24. The van der Waals surface area contributed by atoms with Crippen LogP contribution in [0.2, 0.25) is 0 Å². The Bertz CT molecular complexity index is 210. The van der Waals surface area contributed by atoms with Crippen LogP contribution in [-0.2, 0) is 9.53 Å². The maximum absolute atomic E-state index is 12.2. The third-order valence-electron chi connectivity index (χ3n) is 2.69. The van der Waals surface area contributed by atoms with Crippen LogP contribution in [0, 0.1) is 11.8 Å². The molecule has 0 aliphatic carbocycles. The van der Waals surface area contributed by atoms with Crippen LogP contribution in [0.1, 0.15) is 40.5 Å². The smallest absolute Gasteiger partial charge is 0.251 e. The van der Waals surface area contributed by atoms with Gasteiger partial charge in [0.15, 0.2) is 0 Å². The van der Waals surface area contributed by atoms with E-state index < -0.39 is 0 Å². The third-order valence-corrected chi connectivity index (χ3v) is 2.69. The Morgan fingerprint density at radius 2 is 1.81 bits per heavy atom. The summed E-state index contributed by atoms with van der Waals surface area (Å²) in [6, 6.07) is 0. The predicted octanol–water partition coefficient (Wildman–Crippen LogP) is 2.31. The molecule has 0 spiro atoms. The van der Waals surface area contributed by atoms with Crippen molar-refractivity contribution in [3.8, 4) is 0 Å². The summed E-state index contributed by atoms with van der Waals surface area (Å²) in [5.74, 6) is 1.23. The summed E-state index contributed by atoms with van der Waals surface area (Å²) in [5, 5.41) is 0. The second-order valence-electron chi connectivity index (χ2n) is 5.53. The third kappa shape index (κ3) is 4.12. The molecule has 0 aromatic carbocycles. The lowest BCUT2D eigenvalue weighted by Gasteiger charge is -2.28. The number of ether oxygens (including phenoxy) is 1. The van der Waals surface area contributed by atoms with Crippen molar-refractivity contribution in [2.24, 2.45) is 11.8 Å². The molecule has 1 rings (SSSR count). The van der Waals surface area contributed by atoms with E-state index in [-0.39, 0.29) is 12.0 Å². The van der Waals surface area contributed by atoms with E-state index in [0.29, 0.717) is 11.8 Å². The largest absolute Gasteiger partial charge is 0.368 e. The fraction of sp³-hybridized carbons (Fsp3) is 0.923. The average Bonchev–Trinajstić information content (AvgIpc) is 2.66. The first kappa shape index (κ1) is 13.5. The molecule has 1 aliphatic rings. The van der Waals surface area contributed by atoms with E-state index in [1.54, 1.807) is 0 Å². The molecule has 0 aromatic heterocycles. The molecule has 0 aromatic rings. The lowest BCUT2D eigenvalue weighted by molar-refractivity contribution is -0.142. The van der Waals surface area contributed by atoms with Crippen LogP contribution in [0.3, 0.4) is 0 Å². The highest BCUT2D eigenvalue weighted by molar-refractivity contribution is 5.81. The minimum Gasteiger partial charge on any atom is -0.368 e. The van der Waals surface area contributed by atoms with Gasteiger partial charge < -0.3 is 9.64 Å². The van der Waals surface area contributed by atoms with Gasteiger partial charge in [0.2, 0.25) is 0 Å². The van der Waals surface area contributed by atoms with Gasteiger partial charge >= 0.3 is 0 Å². The first-order chi connectivity index (χ1) is 7.50. The summed E-state index contributed by atoms with van der Waals surface area (Å²) in [6.07, 6.45) is 1.75. The summed E-state index contributed by atoms with van der Waals surface area (Å²) in [7, 11) is 0. The monoisotopic (exact) mass is 227 g/mol. The summed E-state index contributed by atoms with van der Waals surface area (Å²) >= 11 is 0. The molecule has 1 atom stereocenters. The molecule has 1 saturated heterocycles. The molecule has 94 valence electrons. The molecule has 0 saturated carbocycles. The minimum absolute atomic E-state index is 0.169. The van der Waals surface area contributed by atoms with Crippen LogP contribution >= 0.6 is 0 Å². The van der Waals surface area contributed by atoms with Crippen molar-refractivity contribution in [2.45, 2.75) is 46.6 Å². The highest BCUT2D eigenvalue weighted by Gasteiger charge is 2.28. The fourth-order valence-electron chi connectivity index (χ4n) is 2.11. The lowest BCUT2D eigenvalue weighted by atomic mass is 10.1. The van der Waals surface area contributed by atoms with Gasteiger partial charge in [-0.1, -0.05) is 27.7 Å². The molecule has 0 bridgehead atoms. The zero-order chi connectivity index (χ0) is 12.1. The van der Waals surface area contributed by atoms with Gasteiger partial charge in [0, 0.05) is 19.7 Å². The van der Waals surface area contributed by atoms with Gasteiger partial charge in [0.25, 0.3) is 5.91 Å². The van der Waals surface area contributed by atoms with Crippen molar-refractivity contribution >= 4 is 5.91 Å². The number of rotatable bonds is 5. The summed E-state index contributed by atoms with van der Waals surface area (Å²) < 4.78 is 5.47. The van der Waals surface area contributed by atoms with E-state index in [1.807, 2.05) is 4.90 Å². The number of carbonyl (C=O) groups excluding carboxylic acids is 1. The molecule has 1 aliphatic heterocycles. The summed E-state index contributed by atoms with van der Waals surface area (Å²) in [6.45, 7) is 11.0.